The molecule has 1 N–H and O–H groups in total. The molecule has 1 unspecified atom stereocenters. The average molecular weight is 475 g/mol. The molecule has 0 aliphatic carbocycles. The molecule has 35 heavy (non-hydrogen) atoms. The van der Waals surface area contributed by atoms with Gasteiger partial charge in [0.1, 0.15) is 0 Å². The van der Waals surface area contributed by atoms with Gasteiger partial charge in [-0.25, -0.2) is 0 Å². The number of rotatable bonds is 10. The molecule has 3 rings (SSSR count). The third-order valence-electron chi connectivity index (χ3n) is 6.66. The van der Waals surface area contributed by atoms with Crippen molar-refractivity contribution in [1.29, 1.82) is 0 Å². The van der Waals surface area contributed by atoms with E-state index in [-0.39, 0.29) is 16.8 Å². The molecule has 2 aromatic carbocycles. The van der Waals surface area contributed by atoms with Crippen LogP contribution in [0.1, 0.15) is 63.8 Å². The number of aliphatic hydroxyl groups excluding tert-OH is 1. The van der Waals surface area contributed by atoms with Gasteiger partial charge in [0.15, 0.2) is 11.5 Å². The van der Waals surface area contributed by atoms with Crippen LogP contribution in [0.15, 0.2) is 72.0 Å². The Kier molecular flexibility index (Phi) is 8.68. The van der Waals surface area contributed by atoms with Gasteiger partial charge in [0.2, 0.25) is 0 Å². The number of nitrogens with zero attached hydrogens (tertiary/aromatic N) is 2. The minimum Gasteiger partial charge on any atom is -0.503 e. The van der Waals surface area contributed by atoms with E-state index in [1.165, 1.54) is 11.6 Å². The van der Waals surface area contributed by atoms with Crippen LogP contribution in [0.25, 0.3) is 6.08 Å². The van der Waals surface area contributed by atoms with E-state index in [2.05, 4.69) is 39.5 Å². The fraction of sp³-hybridized carbons (Fsp3) is 0.400. The summed E-state index contributed by atoms with van der Waals surface area (Å²) in [6.45, 7) is 13.9. The van der Waals surface area contributed by atoms with E-state index < -0.39 is 17.7 Å². The standard InChI is InChI=1S/C30H38N2O3/c1-6-31(7-2)20-11-21-32-27(23-15-17-24(18-16-23)30(3,4)5)26(28(34)29(32)35)25(33)19-14-22-12-9-8-10-13-22/h8-10,12-19,27,34H,6-7,11,20-21H2,1-5H3. The third-order valence-corrected chi connectivity index (χ3v) is 6.66. The molecule has 1 amide bonds. The van der Waals surface area contributed by atoms with E-state index in [0.717, 1.165) is 37.2 Å². The van der Waals surface area contributed by atoms with E-state index in [1.807, 2.05) is 54.6 Å². The number of carbonyl (C=O) groups excluding carboxylic acids is 2. The Morgan fingerprint density at radius 3 is 2.23 bits per heavy atom. The Morgan fingerprint density at radius 2 is 1.66 bits per heavy atom. The van der Waals surface area contributed by atoms with Crippen molar-refractivity contribution < 1.29 is 14.7 Å². The van der Waals surface area contributed by atoms with Crippen molar-refractivity contribution in [2.75, 3.05) is 26.2 Å². The Balaban J connectivity index is 1.93. The maximum atomic E-state index is 13.3. The van der Waals surface area contributed by atoms with Crippen LogP contribution in [0.4, 0.5) is 0 Å². The molecule has 0 radical (unpaired) electrons. The summed E-state index contributed by atoms with van der Waals surface area (Å²) in [7, 11) is 0. The Labute approximate surface area is 209 Å². The largest absolute Gasteiger partial charge is 0.503 e. The van der Waals surface area contributed by atoms with Gasteiger partial charge in [-0.15, -0.1) is 0 Å². The van der Waals surface area contributed by atoms with E-state index in [4.69, 9.17) is 0 Å². The van der Waals surface area contributed by atoms with Crippen LogP contribution in [0.5, 0.6) is 0 Å². The number of amides is 1. The van der Waals surface area contributed by atoms with Crippen molar-refractivity contribution >= 4 is 17.8 Å². The van der Waals surface area contributed by atoms with Gasteiger partial charge < -0.3 is 14.9 Å². The van der Waals surface area contributed by atoms with E-state index in [9.17, 15) is 14.7 Å². The lowest BCUT2D eigenvalue weighted by atomic mass is 9.85. The van der Waals surface area contributed by atoms with Crippen LogP contribution in [-0.2, 0) is 15.0 Å². The summed E-state index contributed by atoms with van der Waals surface area (Å²) in [5.74, 6) is -1.28. The predicted octanol–water partition coefficient (Wildman–Crippen LogP) is 5.69. The highest BCUT2D eigenvalue weighted by molar-refractivity contribution is 6.14. The summed E-state index contributed by atoms with van der Waals surface area (Å²) in [4.78, 5) is 30.4. The summed E-state index contributed by atoms with van der Waals surface area (Å²) in [5, 5.41) is 10.8. The lowest BCUT2D eigenvalue weighted by Crippen LogP contribution is -2.34. The maximum absolute atomic E-state index is 13.3. The van der Waals surface area contributed by atoms with Gasteiger partial charge in [-0.2, -0.15) is 0 Å². The summed E-state index contributed by atoms with van der Waals surface area (Å²) < 4.78 is 0. The highest BCUT2D eigenvalue weighted by Crippen LogP contribution is 2.38. The second-order valence-electron chi connectivity index (χ2n) is 10.0. The van der Waals surface area contributed by atoms with Crippen LogP contribution in [0.2, 0.25) is 0 Å². The van der Waals surface area contributed by atoms with Crippen molar-refractivity contribution in [3.8, 4) is 0 Å². The second-order valence-corrected chi connectivity index (χ2v) is 10.0. The zero-order valence-electron chi connectivity index (χ0n) is 21.6. The van der Waals surface area contributed by atoms with Crippen molar-refractivity contribution in [2.45, 2.75) is 52.5 Å². The first-order valence-corrected chi connectivity index (χ1v) is 12.5. The minimum absolute atomic E-state index is 0.0114. The number of ketones is 1. The Hall–Kier alpha value is -3.18. The fourth-order valence-electron chi connectivity index (χ4n) is 4.48. The van der Waals surface area contributed by atoms with Crippen LogP contribution < -0.4 is 0 Å². The molecule has 1 aliphatic rings. The number of hydrogen-bond donors (Lipinski definition) is 1. The van der Waals surface area contributed by atoms with Gasteiger partial charge in [0.05, 0.1) is 11.6 Å². The van der Waals surface area contributed by atoms with Gasteiger partial charge in [-0.05, 0) is 54.2 Å². The van der Waals surface area contributed by atoms with Gasteiger partial charge in [0.25, 0.3) is 5.91 Å². The molecule has 0 fully saturated rings. The molecule has 0 saturated carbocycles. The summed E-state index contributed by atoms with van der Waals surface area (Å²) in [5.41, 5.74) is 3.02. The van der Waals surface area contributed by atoms with Gasteiger partial charge in [-0.1, -0.05) is 95.3 Å². The normalized spacial score (nSPS) is 16.7. The molecule has 186 valence electrons. The first kappa shape index (κ1) is 26.4. The molecular formula is C30H38N2O3. The van der Waals surface area contributed by atoms with Crippen molar-refractivity contribution in [2.24, 2.45) is 0 Å². The smallest absolute Gasteiger partial charge is 0.290 e. The zero-order valence-corrected chi connectivity index (χ0v) is 21.6. The molecular weight excluding hydrogens is 436 g/mol. The predicted molar refractivity (Wildman–Crippen MR) is 142 cm³/mol. The van der Waals surface area contributed by atoms with Crippen LogP contribution in [0, 0.1) is 0 Å². The molecule has 0 bridgehead atoms. The van der Waals surface area contributed by atoms with Crippen molar-refractivity contribution in [1.82, 2.24) is 9.80 Å². The molecule has 5 heteroatoms. The second kappa shape index (κ2) is 11.5. The van der Waals surface area contributed by atoms with Crippen LogP contribution in [0.3, 0.4) is 0 Å². The lowest BCUT2D eigenvalue weighted by Gasteiger charge is -2.28. The first-order valence-electron chi connectivity index (χ1n) is 12.5. The Morgan fingerprint density at radius 1 is 1.03 bits per heavy atom. The quantitative estimate of drug-likeness (QED) is 0.449. The number of hydrogen-bond acceptors (Lipinski definition) is 4. The van der Waals surface area contributed by atoms with E-state index >= 15 is 0 Å². The van der Waals surface area contributed by atoms with E-state index in [1.54, 1.807) is 11.0 Å². The molecule has 1 atom stereocenters. The van der Waals surface area contributed by atoms with Gasteiger partial charge in [0, 0.05) is 6.54 Å². The van der Waals surface area contributed by atoms with Gasteiger partial charge >= 0.3 is 0 Å². The molecule has 0 aromatic heterocycles. The monoisotopic (exact) mass is 474 g/mol. The fourth-order valence-corrected chi connectivity index (χ4v) is 4.48. The van der Waals surface area contributed by atoms with Crippen LogP contribution >= 0.6 is 0 Å². The molecule has 5 nitrogen and oxygen atoms in total. The average Bonchev–Trinajstić information content (AvgIpc) is 3.10. The summed E-state index contributed by atoms with van der Waals surface area (Å²) in [6, 6.07) is 17.0. The highest BCUT2D eigenvalue weighted by Gasteiger charge is 2.42. The maximum Gasteiger partial charge on any atom is 0.290 e. The topological polar surface area (TPSA) is 60.9 Å². The van der Waals surface area contributed by atoms with E-state index in [0.29, 0.717) is 6.54 Å². The highest BCUT2D eigenvalue weighted by atomic mass is 16.3. The molecule has 1 aliphatic heterocycles. The molecule has 1 heterocycles. The molecule has 0 spiro atoms. The number of carbonyl (C=O) groups is 2. The zero-order chi connectivity index (χ0) is 25.6. The van der Waals surface area contributed by atoms with Crippen molar-refractivity contribution in [3.63, 3.8) is 0 Å². The number of aliphatic hydroxyl groups is 1. The lowest BCUT2D eigenvalue weighted by molar-refractivity contribution is -0.129. The molecule has 2 aromatic rings. The minimum atomic E-state index is -0.610. The summed E-state index contributed by atoms with van der Waals surface area (Å²) >= 11 is 0. The number of benzene rings is 2. The van der Waals surface area contributed by atoms with Gasteiger partial charge in [-0.3, -0.25) is 9.59 Å². The number of allylic oxidation sites excluding steroid dienone is 1. The Bertz CT molecular complexity index is 1070. The molecule has 0 saturated heterocycles. The summed E-state index contributed by atoms with van der Waals surface area (Å²) in [6.07, 6.45) is 3.93. The SMILES string of the molecule is CCN(CC)CCCN1C(=O)C(O)=C(C(=O)C=Cc2ccccc2)C1c1ccc(C(C)(C)C)cc1. The third kappa shape index (κ3) is 6.29. The van der Waals surface area contributed by atoms with Crippen LogP contribution in [-0.4, -0.2) is 52.8 Å². The first-order chi connectivity index (χ1) is 16.7. The van der Waals surface area contributed by atoms with Crippen molar-refractivity contribution in [3.05, 3.63) is 88.7 Å².